The van der Waals surface area contributed by atoms with Crippen LogP contribution < -0.4 is 5.32 Å². The minimum atomic E-state index is 0.118. The number of anilines is 1. The minimum Gasteiger partial charge on any atom is -0.353 e. The van der Waals surface area contributed by atoms with Gasteiger partial charge in [0.1, 0.15) is 5.82 Å². The third-order valence-corrected chi connectivity index (χ3v) is 4.31. The summed E-state index contributed by atoms with van der Waals surface area (Å²) in [5.74, 6) is 1.64. The fourth-order valence-electron chi connectivity index (χ4n) is 2.37. The van der Waals surface area contributed by atoms with Crippen LogP contribution in [0.4, 0.5) is 5.13 Å². The molecule has 3 nitrogen and oxygen atoms in total. The highest BCUT2D eigenvalue weighted by atomic mass is 32.1. The van der Waals surface area contributed by atoms with Gasteiger partial charge in [-0.05, 0) is 23.8 Å². The average molecular weight is 287 g/mol. The Labute approximate surface area is 124 Å². The van der Waals surface area contributed by atoms with Gasteiger partial charge in [0.25, 0.3) is 0 Å². The van der Waals surface area contributed by atoms with E-state index in [0.717, 1.165) is 11.0 Å². The molecule has 106 valence electrons. The molecular weight excluding hydrogens is 266 g/mol. The second-order valence-corrected chi connectivity index (χ2v) is 7.34. The standard InChI is InChI=1S/C16H21N3S/c1-16(2,3)13(11-7-5-4-6-8-11)17-15-18-14(19-20-15)12-9-10-12/h4-8,12-13H,9-10H2,1-3H3,(H,17,18,19). The van der Waals surface area contributed by atoms with E-state index in [0.29, 0.717) is 5.92 Å². The third kappa shape index (κ3) is 3.01. The van der Waals surface area contributed by atoms with E-state index in [4.69, 9.17) is 0 Å². The molecule has 0 amide bonds. The number of hydrogen-bond acceptors (Lipinski definition) is 4. The van der Waals surface area contributed by atoms with Crippen LogP contribution in [0, 0.1) is 5.41 Å². The van der Waals surface area contributed by atoms with Gasteiger partial charge in [0.2, 0.25) is 5.13 Å². The predicted octanol–water partition coefficient (Wildman–Crippen LogP) is 4.61. The molecule has 1 atom stereocenters. The molecule has 4 heteroatoms. The van der Waals surface area contributed by atoms with Crippen LogP contribution in [0.2, 0.25) is 0 Å². The zero-order valence-corrected chi connectivity index (χ0v) is 13.1. The molecule has 1 heterocycles. The van der Waals surface area contributed by atoms with Gasteiger partial charge in [0, 0.05) is 17.5 Å². The molecule has 0 saturated heterocycles. The highest BCUT2D eigenvalue weighted by Crippen LogP contribution is 2.41. The van der Waals surface area contributed by atoms with Crippen LogP contribution in [0.3, 0.4) is 0 Å². The highest BCUT2D eigenvalue weighted by molar-refractivity contribution is 7.09. The molecule has 0 aliphatic heterocycles. The predicted molar refractivity (Wildman–Crippen MR) is 84.1 cm³/mol. The van der Waals surface area contributed by atoms with Crippen LogP contribution >= 0.6 is 11.5 Å². The first kappa shape index (κ1) is 13.6. The molecule has 1 fully saturated rings. The van der Waals surface area contributed by atoms with Crippen molar-refractivity contribution in [2.75, 3.05) is 5.32 Å². The van der Waals surface area contributed by atoms with Crippen LogP contribution in [0.15, 0.2) is 30.3 Å². The average Bonchev–Trinajstić information content (AvgIpc) is 3.15. The summed E-state index contributed by atoms with van der Waals surface area (Å²) in [4.78, 5) is 4.65. The summed E-state index contributed by atoms with van der Waals surface area (Å²) in [7, 11) is 0. The highest BCUT2D eigenvalue weighted by Gasteiger charge is 2.30. The van der Waals surface area contributed by atoms with E-state index in [1.165, 1.54) is 29.9 Å². The molecule has 1 N–H and O–H groups in total. The van der Waals surface area contributed by atoms with Crippen LogP contribution in [0.1, 0.15) is 57.0 Å². The van der Waals surface area contributed by atoms with Gasteiger partial charge in [-0.25, -0.2) is 4.98 Å². The van der Waals surface area contributed by atoms with Crippen molar-refractivity contribution in [3.63, 3.8) is 0 Å². The quantitative estimate of drug-likeness (QED) is 0.892. The van der Waals surface area contributed by atoms with E-state index in [-0.39, 0.29) is 11.5 Å². The summed E-state index contributed by atoms with van der Waals surface area (Å²) in [6.07, 6.45) is 2.50. The molecule has 1 aliphatic rings. The van der Waals surface area contributed by atoms with Crippen LogP contribution in [0.25, 0.3) is 0 Å². The molecule has 1 aromatic heterocycles. The Morgan fingerprint density at radius 1 is 1.20 bits per heavy atom. The van der Waals surface area contributed by atoms with Crippen molar-refractivity contribution >= 4 is 16.7 Å². The van der Waals surface area contributed by atoms with E-state index in [9.17, 15) is 0 Å². The van der Waals surface area contributed by atoms with Gasteiger partial charge >= 0.3 is 0 Å². The van der Waals surface area contributed by atoms with Crippen molar-refractivity contribution in [1.82, 2.24) is 9.36 Å². The fourth-order valence-corrected chi connectivity index (χ4v) is 3.04. The Kier molecular flexibility index (Phi) is 3.50. The maximum atomic E-state index is 4.65. The number of benzene rings is 1. The lowest BCUT2D eigenvalue weighted by atomic mass is 9.82. The Hall–Kier alpha value is -1.42. The summed E-state index contributed by atoms with van der Waals surface area (Å²) >= 11 is 1.48. The molecule has 1 unspecified atom stereocenters. The Balaban J connectivity index is 1.82. The molecular formula is C16H21N3S. The summed E-state index contributed by atoms with van der Waals surface area (Å²) in [6.45, 7) is 6.75. The monoisotopic (exact) mass is 287 g/mol. The summed E-state index contributed by atoms with van der Waals surface area (Å²) in [5.41, 5.74) is 1.41. The summed E-state index contributed by atoms with van der Waals surface area (Å²) < 4.78 is 4.48. The molecule has 1 saturated carbocycles. The molecule has 1 aromatic carbocycles. The first-order valence-electron chi connectivity index (χ1n) is 7.19. The van der Waals surface area contributed by atoms with E-state index >= 15 is 0 Å². The largest absolute Gasteiger partial charge is 0.353 e. The Morgan fingerprint density at radius 2 is 1.90 bits per heavy atom. The fraction of sp³-hybridized carbons (Fsp3) is 0.500. The number of rotatable bonds is 4. The van der Waals surface area contributed by atoms with Gasteiger partial charge in [0.05, 0.1) is 6.04 Å². The number of aromatic nitrogens is 2. The smallest absolute Gasteiger partial charge is 0.203 e. The van der Waals surface area contributed by atoms with Crippen molar-refractivity contribution in [2.45, 2.75) is 45.6 Å². The number of nitrogens with one attached hydrogen (secondary N) is 1. The Bertz CT molecular complexity index is 567. The second-order valence-electron chi connectivity index (χ2n) is 6.59. The molecule has 3 rings (SSSR count). The van der Waals surface area contributed by atoms with Gasteiger partial charge in [-0.15, -0.1) is 0 Å². The number of nitrogens with zero attached hydrogens (tertiary/aromatic N) is 2. The zero-order valence-electron chi connectivity index (χ0n) is 12.3. The van der Waals surface area contributed by atoms with Gasteiger partial charge in [0.15, 0.2) is 0 Å². The maximum Gasteiger partial charge on any atom is 0.203 e. The second kappa shape index (κ2) is 5.17. The van der Waals surface area contributed by atoms with Crippen LogP contribution in [-0.4, -0.2) is 9.36 Å². The van der Waals surface area contributed by atoms with Crippen LogP contribution in [-0.2, 0) is 0 Å². The number of hydrogen-bond donors (Lipinski definition) is 1. The van der Waals surface area contributed by atoms with E-state index < -0.39 is 0 Å². The van der Waals surface area contributed by atoms with Gasteiger partial charge in [-0.3, -0.25) is 0 Å². The molecule has 0 radical (unpaired) electrons. The van der Waals surface area contributed by atoms with Crippen molar-refractivity contribution < 1.29 is 0 Å². The van der Waals surface area contributed by atoms with Gasteiger partial charge in [-0.1, -0.05) is 51.1 Å². The minimum absolute atomic E-state index is 0.118. The normalized spacial score (nSPS) is 16.9. The van der Waals surface area contributed by atoms with Gasteiger partial charge < -0.3 is 5.32 Å². The topological polar surface area (TPSA) is 37.8 Å². The van der Waals surface area contributed by atoms with Crippen LogP contribution in [0.5, 0.6) is 0 Å². The first-order valence-corrected chi connectivity index (χ1v) is 7.96. The SMILES string of the molecule is CC(C)(C)C(Nc1nc(C2CC2)ns1)c1ccccc1. The van der Waals surface area contributed by atoms with E-state index in [1.54, 1.807) is 0 Å². The Morgan fingerprint density at radius 3 is 2.50 bits per heavy atom. The maximum absolute atomic E-state index is 4.65. The van der Waals surface area contributed by atoms with E-state index in [1.807, 2.05) is 0 Å². The molecule has 1 aliphatic carbocycles. The van der Waals surface area contributed by atoms with Crippen molar-refractivity contribution in [1.29, 1.82) is 0 Å². The lowest BCUT2D eigenvalue weighted by molar-refractivity contribution is 0.347. The van der Waals surface area contributed by atoms with Gasteiger partial charge in [-0.2, -0.15) is 4.37 Å². The lowest BCUT2D eigenvalue weighted by Gasteiger charge is -2.31. The molecule has 2 aromatic rings. The lowest BCUT2D eigenvalue weighted by Crippen LogP contribution is -2.25. The van der Waals surface area contributed by atoms with Crippen molar-refractivity contribution in [3.05, 3.63) is 41.7 Å². The summed E-state index contributed by atoms with van der Waals surface area (Å²) in [6, 6.07) is 10.8. The molecule has 0 spiro atoms. The third-order valence-electron chi connectivity index (χ3n) is 3.65. The molecule has 20 heavy (non-hydrogen) atoms. The van der Waals surface area contributed by atoms with Crippen molar-refractivity contribution in [3.8, 4) is 0 Å². The molecule has 0 bridgehead atoms. The first-order chi connectivity index (χ1) is 9.54. The van der Waals surface area contributed by atoms with Crippen molar-refractivity contribution in [2.24, 2.45) is 5.41 Å². The summed E-state index contributed by atoms with van der Waals surface area (Å²) in [5, 5.41) is 4.52. The van der Waals surface area contributed by atoms with E-state index in [2.05, 4.69) is 65.8 Å². The zero-order chi connectivity index (χ0) is 14.2.